The topological polar surface area (TPSA) is 96.0 Å². The molecular formula is C24H33N3O5S. The van der Waals surface area contributed by atoms with Gasteiger partial charge in [0, 0.05) is 13.1 Å². The van der Waals surface area contributed by atoms with Gasteiger partial charge in [0.05, 0.1) is 19.1 Å². The van der Waals surface area contributed by atoms with E-state index in [-0.39, 0.29) is 18.1 Å². The molecule has 0 saturated carbocycles. The molecule has 0 aromatic heterocycles. The van der Waals surface area contributed by atoms with Crippen LogP contribution in [0.5, 0.6) is 5.75 Å². The molecule has 0 fully saturated rings. The Bertz CT molecular complexity index is 1070. The second kappa shape index (κ2) is 11.7. The number of amides is 2. The molecular weight excluding hydrogens is 442 g/mol. The van der Waals surface area contributed by atoms with Crippen molar-refractivity contribution in [2.24, 2.45) is 0 Å². The van der Waals surface area contributed by atoms with Crippen LogP contribution in [-0.2, 0) is 26.2 Å². The molecule has 0 radical (unpaired) electrons. The number of nitrogens with one attached hydrogen (secondary N) is 1. The zero-order valence-electron chi connectivity index (χ0n) is 19.9. The van der Waals surface area contributed by atoms with E-state index < -0.39 is 28.5 Å². The van der Waals surface area contributed by atoms with E-state index in [2.05, 4.69) is 5.32 Å². The molecule has 0 aliphatic heterocycles. The fourth-order valence-electron chi connectivity index (χ4n) is 3.42. The van der Waals surface area contributed by atoms with Gasteiger partial charge in [0.25, 0.3) is 0 Å². The van der Waals surface area contributed by atoms with Gasteiger partial charge in [-0.15, -0.1) is 0 Å². The number of aryl methyl sites for hydroxylation is 1. The van der Waals surface area contributed by atoms with E-state index in [9.17, 15) is 18.0 Å². The summed E-state index contributed by atoms with van der Waals surface area (Å²) in [6.45, 7) is 5.73. The lowest BCUT2D eigenvalue weighted by Crippen LogP contribution is -2.51. The fraction of sp³-hybridized carbons (Fsp3) is 0.417. The molecule has 9 heteroatoms. The second-order valence-corrected chi connectivity index (χ2v) is 9.83. The summed E-state index contributed by atoms with van der Waals surface area (Å²) < 4.78 is 31.6. The summed E-state index contributed by atoms with van der Waals surface area (Å²) in [4.78, 5) is 27.6. The van der Waals surface area contributed by atoms with Gasteiger partial charge >= 0.3 is 0 Å². The predicted molar refractivity (Wildman–Crippen MR) is 130 cm³/mol. The number of carbonyl (C=O) groups excluding carboxylic acids is 2. The molecule has 33 heavy (non-hydrogen) atoms. The number of nitrogens with zero attached hydrogens (tertiary/aromatic N) is 2. The highest BCUT2D eigenvalue weighted by Gasteiger charge is 2.30. The molecule has 0 aliphatic rings. The molecule has 2 rings (SSSR count). The highest BCUT2D eigenvalue weighted by molar-refractivity contribution is 7.92. The first-order chi connectivity index (χ1) is 15.6. The molecule has 0 saturated heterocycles. The van der Waals surface area contributed by atoms with Crippen molar-refractivity contribution in [1.82, 2.24) is 10.2 Å². The number of hydrogen-bond acceptors (Lipinski definition) is 5. The van der Waals surface area contributed by atoms with Crippen LogP contribution in [0, 0.1) is 6.92 Å². The lowest BCUT2D eigenvalue weighted by atomic mass is 10.1. The second-order valence-electron chi connectivity index (χ2n) is 7.92. The summed E-state index contributed by atoms with van der Waals surface area (Å²) in [6.07, 6.45) is 1.80. The van der Waals surface area contributed by atoms with Gasteiger partial charge in [0.15, 0.2) is 0 Å². The number of ether oxygens (including phenoxy) is 1. The SMILES string of the molecule is CCCNC(=O)[C@@H](C)N(Cc1cccc(C)c1)C(=O)CN(c1ccccc1OC)S(C)(=O)=O. The van der Waals surface area contributed by atoms with Crippen molar-refractivity contribution in [3.05, 3.63) is 59.7 Å². The standard InChI is InChI=1S/C24H33N3O5S/c1-6-14-25-24(29)19(3)26(16-20-11-9-10-18(2)15-20)23(28)17-27(33(5,30)31)21-12-7-8-13-22(21)32-4/h7-13,15,19H,6,14,16-17H2,1-5H3,(H,25,29)/t19-/m1/s1. The van der Waals surface area contributed by atoms with Crippen LogP contribution in [0.15, 0.2) is 48.5 Å². The lowest BCUT2D eigenvalue weighted by molar-refractivity contribution is -0.139. The van der Waals surface area contributed by atoms with E-state index in [0.29, 0.717) is 12.3 Å². The number of anilines is 1. The van der Waals surface area contributed by atoms with Gasteiger partial charge in [-0.2, -0.15) is 0 Å². The zero-order chi connectivity index (χ0) is 24.6. The average Bonchev–Trinajstić information content (AvgIpc) is 2.78. The Labute approximate surface area is 196 Å². The first kappa shape index (κ1) is 26.2. The largest absolute Gasteiger partial charge is 0.495 e. The first-order valence-corrected chi connectivity index (χ1v) is 12.7. The van der Waals surface area contributed by atoms with Crippen molar-refractivity contribution in [2.45, 2.75) is 39.8 Å². The van der Waals surface area contributed by atoms with Crippen LogP contribution in [0.3, 0.4) is 0 Å². The minimum Gasteiger partial charge on any atom is -0.495 e. The Balaban J connectivity index is 2.41. The number of benzene rings is 2. The number of para-hydroxylation sites is 2. The van der Waals surface area contributed by atoms with E-state index in [4.69, 9.17) is 4.74 Å². The molecule has 2 aromatic carbocycles. The summed E-state index contributed by atoms with van der Waals surface area (Å²) in [6, 6.07) is 13.4. The summed E-state index contributed by atoms with van der Waals surface area (Å²) in [5.41, 5.74) is 2.13. The Hall–Kier alpha value is -3.07. The molecule has 180 valence electrons. The Morgan fingerprint density at radius 3 is 2.42 bits per heavy atom. The third kappa shape index (κ3) is 7.21. The van der Waals surface area contributed by atoms with E-state index in [0.717, 1.165) is 28.1 Å². The van der Waals surface area contributed by atoms with Crippen molar-refractivity contribution in [3.8, 4) is 5.75 Å². The van der Waals surface area contributed by atoms with Crippen LogP contribution in [0.1, 0.15) is 31.4 Å². The van der Waals surface area contributed by atoms with Crippen LogP contribution >= 0.6 is 0 Å². The van der Waals surface area contributed by atoms with Gasteiger partial charge < -0.3 is 15.0 Å². The number of rotatable bonds is 11. The molecule has 0 heterocycles. The minimum atomic E-state index is -3.81. The summed E-state index contributed by atoms with van der Waals surface area (Å²) in [5, 5.41) is 2.81. The maximum absolute atomic E-state index is 13.5. The van der Waals surface area contributed by atoms with E-state index in [1.54, 1.807) is 31.2 Å². The monoisotopic (exact) mass is 475 g/mol. The number of carbonyl (C=O) groups is 2. The van der Waals surface area contributed by atoms with Crippen molar-refractivity contribution in [1.29, 1.82) is 0 Å². The van der Waals surface area contributed by atoms with Gasteiger partial charge in [0.2, 0.25) is 21.8 Å². The Morgan fingerprint density at radius 1 is 1.12 bits per heavy atom. The van der Waals surface area contributed by atoms with E-state index in [1.807, 2.05) is 38.1 Å². The normalized spacial score (nSPS) is 12.0. The number of methoxy groups -OCH3 is 1. The predicted octanol–water partition coefficient (Wildman–Crippen LogP) is 2.71. The molecule has 0 aliphatic carbocycles. The zero-order valence-corrected chi connectivity index (χ0v) is 20.7. The molecule has 0 spiro atoms. The average molecular weight is 476 g/mol. The van der Waals surface area contributed by atoms with Gasteiger partial charge in [-0.05, 0) is 38.0 Å². The maximum Gasteiger partial charge on any atom is 0.244 e. The van der Waals surface area contributed by atoms with Crippen LogP contribution < -0.4 is 14.4 Å². The van der Waals surface area contributed by atoms with E-state index >= 15 is 0 Å². The van der Waals surface area contributed by atoms with Gasteiger partial charge in [-0.25, -0.2) is 8.42 Å². The molecule has 1 N–H and O–H groups in total. The van der Waals surface area contributed by atoms with Crippen molar-refractivity contribution in [2.75, 3.05) is 30.8 Å². The molecule has 0 bridgehead atoms. The maximum atomic E-state index is 13.5. The quantitative estimate of drug-likeness (QED) is 0.539. The van der Waals surface area contributed by atoms with Gasteiger partial charge in [-0.1, -0.05) is 48.9 Å². The Kier molecular flexibility index (Phi) is 9.28. The summed E-state index contributed by atoms with van der Waals surface area (Å²) in [7, 11) is -2.38. The molecule has 0 unspecified atom stereocenters. The highest BCUT2D eigenvalue weighted by Crippen LogP contribution is 2.29. The van der Waals surface area contributed by atoms with Crippen LogP contribution in [0.25, 0.3) is 0 Å². The van der Waals surface area contributed by atoms with Gasteiger partial charge in [0.1, 0.15) is 18.3 Å². The summed E-state index contributed by atoms with van der Waals surface area (Å²) >= 11 is 0. The molecule has 2 amide bonds. The van der Waals surface area contributed by atoms with Crippen LogP contribution in [0.2, 0.25) is 0 Å². The van der Waals surface area contributed by atoms with Crippen molar-refractivity contribution < 1.29 is 22.7 Å². The highest BCUT2D eigenvalue weighted by atomic mass is 32.2. The molecule has 2 aromatic rings. The molecule has 1 atom stereocenters. The minimum absolute atomic E-state index is 0.171. The van der Waals surface area contributed by atoms with Crippen LogP contribution in [0.4, 0.5) is 5.69 Å². The fourth-order valence-corrected chi connectivity index (χ4v) is 4.27. The number of hydrogen-bond donors (Lipinski definition) is 1. The van der Waals surface area contributed by atoms with Gasteiger partial charge in [-0.3, -0.25) is 13.9 Å². The first-order valence-electron chi connectivity index (χ1n) is 10.8. The van der Waals surface area contributed by atoms with E-state index in [1.165, 1.54) is 12.0 Å². The Morgan fingerprint density at radius 2 is 1.82 bits per heavy atom. The molecule has 8 nitrogen and oxygen atoms in total. The smallest absolute Gasteiger partial charge is 0.244 e. The lowest BCUT2D eigenvalue weighted by Gasteiger charge is -2.31. The third-order valence-electron chi connectivity index (χ3n) is 5.18. The third-order valence-corrected chi connectivity index (χ3v) is 6.31. The van der Waals surface area contributed by atoms with Crippen molar-refractivity contribution >= 4 is 27.5 Å². The van der Waals surface area contributed by atoms with Crippen molar-refractivity contribution in [3.63, 3.8) is 0 Å². The van der Waals surface area contributed by atoms with Crippen LogP contribution in [-0.4, -0.2) is 57.6 Å². The number of sulfonamides is 1. The summed E-state index contributed by atoms with van der Waals surface area (Å²) in [5.74, 6) is -0.456.